The number of urea groups is 1. The predicted molar refractivity (Wildman–Crippen MR) is 79.1 cm³/mol. The van der Waals surface area contributed by atoms with Gasteiger partial charge in [0.15, 0.2) is 5.13 Å². The molecule has 0 aromatic carbocycles. The van der Waals surface area contributed by atoms with Crippen LogP contribution >= 0.6 is 11.3 Å². The van der Waals surface area contributed by atoms with Crippen molar-refractivity contribution < 1.29 is 9.53 Å². The number of carbonyl (C=O) groups is 1. The lowest BCUT2D eigenvalue weighted by Gasteiger charge is -2.30. The van der Waals surface area contributed by atoms with Crippen molar-refractivity contribution in [1.29, 1.82) is 0 Å². The molecule has 1 aromatic rings. The van der Waals surface area contributed by atoms with Crippen LogP contribution < -0.4 is 10.6 Å². The summed E-state index contributed by atoms with van der Waals surface area (Å²) in [5.41, 5.74) is 1.02. The molecule has 1 aliphatic carbocycles. The van der Waals surface area contributed by atoms with Crippen molar-refractivity contribution in [3.63, 3.8) is 0 Å². The number of aromatic nitrogens is 1. The highest BCUT2D eigenvalue weighted by molar-refractivity contribution is 7.13. The molecule has 3 rings (SSSR count). The molecule has 0 unspecified atom stereocenters. The average Bonchev–Trinajstić information content (AvgIpc) is 3.20. The fourth-order valence-electron chi connectivity index (χ4n) is 2.60. The highest BCUT2D eigenvalue weighted by Crippen LogP contribution is 2.38. The van der Waals surface area contributed by atoms with Crippen LogP contribution in [0.25, 0.3) is 0 Å². The highest BCUT2D eigenvalue weighted by Gasteiger charge is 2.36. The van der Waals surface area contributed by atoms with Crippen LogP contribution in [-0.4, -0.2) is 29.8 Å². The van der Waals surface area contributed by atoms with Gasteiger partial charge in [0.2, 0.25) is 0 Å². The van der Waals surface area contributed by atoms with Crippen molar-refractivity contribution in [3.05, 3.63) is 11.1 Å². The third-order valence-corrected chi connectivity index (χ3v) is 4.74. The third kappa shape index (κ3) is 3.49. The number of amides is 2. The zero-order valence-corrected chi connectivity index (χ0v) is 12.5. The second kappa shape index (κ2) is 6.10. The van der Waals surface area contributed by atoms with Crippen molar-refractivity contribution in [1.82, 2.24) is 10.3 Å². The van der Waals surface area contributed by atoms with E-state index in [2.05, 4.69) is 22.5 Å². The number of ether oxygens (including phenoxy) is 1. The Morgan fingerprint density at radius 2 is 2.35 bits per heavy atom. The molecule has 0 radical (unpaired) electrons. The van der Waals surface area contributed by atoms with Crippen LogP contribution in [0, 0.1) is 5.92 Å². The van der Waals surface area contributed by atoms with Gasteiger partial charge in [0.05, 0.1) is 11.8 Å². The van der Waals surface area contributed by atoms with E-state index >= 15 is 0 Å². The topological polar surface area (TPSA) is 63.2 Å². The molecule has 0 bridgehead atoms. The molecule has 0 spiro atoms. The molecule has 2 atom stereocenters. The summed E-state index contributed by atoms with van der Waals surface area (Å²) in [6.45, 7) is 2.81. The van der Waals surface area contributed by atoms with Crippen LogP contribution in [-0.2, 0) is 11.2 Å². The van der Waals surface area contributed by atoms with E-state index in [4.69, 9.17) is 4.74 Å². The molecule has 110 valence electrons. The minimum Gasteiger partial charge on any atom is -0.378 e. The van der Waals surface area contributed by atoms with E-state index in [1.807, 2.05) is 5.38 Å². The monoisotopic (exact) mass is 295 g/mol. The van der Waals surface area contributed by atoms with E-state index in [0.717, 1.165) is 37.5 Å². The quantitative estimate of drug-likeness (QED) is 0.898. The number of carbonyl (C=O) groups excluding carboxylic acids is 1. The Bertz CT molecular complexity index is 473. The summed E-state index contributed by atoms with van der Waals surface area (Å²) in [7, 11) is 0. The summed E-state index contributed by atoms with van der Waals surface area (Å²) in [4.78, 5) is 16.3. The first kappa shape index (κ1) is 13.8. The molecule has 1 aromatic heterocycles. The van der Waals surface area contributed by atoms with Crippen molar-refractivity contribution >= 4 is 22.5 Å². The number of hydrogen-bond acceptors (Lipinski definition) is 4. The molecule has 6 heteroatoms. The van der Waals surface area contributed by atoms with E-state index < -0.39 is 0 Å². The van der Waals surface area contributed by atoms with Gasteiger partial charge in [-0.05, 0) is 38.0 Å². The van der Waals surface area contributed by atoms with E-state index in [1.165, 1.54) is 24.2 Å². The molecule has 1 saturated heterocycles. The van der Waals surface area contributed by atoms with Crippen molar-refractivity contribution in [3.8, 4) is 0 Å². The van der Waals surface area contributed by atoms with Crippen molar-refractivity contribution in [2.24, 2.45) is 5.92 Å². The van der Waals surface area contributed by atoms with Crippen molar-refractivity contribution in [2.45, 2.75) is 51.2 Å². The van der Waals surface area contributed by atoms with Gasteiger partial charge in [-0.3, -0.25) is 5.32 Å². The van der Waals surface area contributed by atoms with Gasteiger partial charge < -0.3 is 10.1 Å². The maximum absolute atomic E-state index is 12.0. The Balaban J connectivity index is 1.47. The summed E-state index contributed by atoms with van der Waals surface area (Å²) in [6.07, 6.45) is 5.64. The van der Waals surface area contributed by atoms with Crippen LogP contribution in [0.3, 0.4) is 0 Å². The first-order valence-electron chi connectivity index (χ1n) is 7.38. The van der Waals surface area contributed by atoms with E-state index in [1.54, 1.807) is 0 Å². The van der Waals surface area contributed by atoms with Gasteiger partial charge >= 0.3 is 6.03 Å². The Morgan fingerprint density at radius 3 is 3.05 bits per heavy atom. The smallest absolute Gasteiger partial charge is 0.321 e. The molecule has 2 amide bonds. The SMILES string of the molecule is CCc1csc(NC(=O)N[C@H]2CCO[C@@H](C3CC3)C2)n1. The first-order valence-corrected chi connectivity index (χ1v) is 8.26. The van der Waals surface area contributed by atoms with E-state index in [-0.39, 0.29) is 12.1 Å². The van der Waals surface area contributed by atoms with Gasteiger partial charge in [0, 0.05) is 18.0 Å². The predicted octanol–water partition coefficient (Wildman–Crippen LogP) is 2.78. The Labute approximate surface area is 123 Å². The number of hydrogen-bond donors (Lipinski definition) is 2. The van der Waals surface area contributed by atoms with Crippen LogP contribution in [0.5, 0.6) is 0 Å². The van der Waals surface area contributed by atoms with Gasteiger partial charge in [0.1, 0.15) is 0 Å². The Kier molecular flexibility index (Phi) is 4.21. The van der Waals surface area contributed by atoms with Crippen LogP contribution in [0.2, 0.25) is 0 Å². The molecule has 1 saturated carbocycles. The molecule has 1 aliphatic heterocycles. The molecule has 2 heterocycles. The number of aryl methyl sites for hydroxylation is 1. The third-order valence-electron chi connectivity index (χ3n) is 3.93. The second-order valence-electron chi connectivity index (χ2n) is 5.56. The molecule has 20 heavy (non-hydrogen) atoms. The molecule has 2 aliphatic rings. The number of nitrogens with zero attached hydrogens (tertiary/aromatic N) is 1. The van der Waals surface area contributed by atoms with Gasteiger partial charge in [-0.1, -0.05) is 6.92 Å². The first-order chi connectivity index (χ1) is 9.74. The summed E-state index contributed by atoms with van der Waals surface area (Å²) in [5.74, 6) is 0.730. The number of anilines is 1. The van der Waals surface area contributed by atoms with Crippen LogP contribution in [0.4, 0.5) is 9.93 Å². The highest BCUT2D eigenvalue weighted by atomic mass is 32.1. The summed E-state index contributed by atoms with van der Waals surface area (Å²) >= 11 is 1.47. The maximum atomic E-state index is 12.0. The van der Waals surface area contributed by atoms with Crippen LogP contribution in [0.15, 0.2) is 5.38 Å². The number of rotatable bonds is 4. The van der Waals surface area contributed by atoms with Gasteiger partial charge in [0.25, 0.3) is 0 Å². The molecular formula is C14H21N3O2S. The lowest BCUT2D eigenvalue weighted by atomic mass is 10.0. The van der Waals surface area contributed by atoms with E-state index in [9.17, 15) is 4.79 Å². The Morgan fingerprint density at radius 1 is 1.50 bits per heavy atom. The zero-order chi connectivity index (χ0) is 13.9. The van der Waals surface area contributed by atoms with Gasteiger partial charge in [-0.15, -0.1) is 11.3 Å². The lowest BCUT2D eigenvalue weighted by Crippen LogP contribution is -2.44. The maximum Gasteiger partial charge on any atom is 0.321 e. The van der Waals surface area contributed by atoms with Crippen LogP contribution in [0.1, 0.15) is 38.3 Å². The molecule has 5 nitrogen and oxygen atoms in total. The normalized spacial score (nSPS) is 26.2. The average molecular weight is 295 g/mol. The fraction of sp³-hybridized carbons (Fsp3) is 0.714. The van der Waals surface area contributed by atoms with Crippen molar-refractivity contribution in [2.75, 3.05) is 11.9 Å². The summed E-state index contributed by atoms with van der Waals surface area (Å²) in [5, 5.41) is 8.51. The number of thiazole rings is 1. The lowest BCUT2D eigenvalue weighted by molar-refractivity contribution is -0.00889. The molecule has 2 N–H and O–H groups in total. The zero-order valence-electron chi connectivity index (χ0n) is 11.7. The van der Waals surface area contributed by atoms with Gasteiger partial charge in [-0.2, -0.15) is 0 Å². The fourth-order valence-corrected chi connectivity index (χ4v) is 3.39. The molecule has 2 fully saturated rings. The second-order valence-corrected chi connectivity index (χ2v) is 6.42. The van der Waals surface area contributed by atoms with E-state index in [0.29, 0.717) is 11.2 Å². The Hall–Kier alpha value is -1.14. The van der Waals surface area contributed by atoms with Gasteiger partial charge in [-0.25, -0.2) is 9.78 Å². The largest absolute Gasteiger partial charge is 0.378 e. The summed E-state index contributed by atoms with van der Waals surface area (Å²) < 4.78 is 5.77. The minimum absolute atomic E-state index is 0.150. The molecular weight excluding hydrogens is 274 g/mol. The number of nitrogens with one attached hydrogen (secondary N) is 2. The minimum atomic E-state index is -0.150. The standard InChI is InChI=1S/C14H21N3O2S/c1-2-10-8-20-14(16-10)17-13(18)15-11-5-6-19-12(7-11)9-3-4-9/h8-9,11-12H,2-7H2,1H3,(H2,15,16,17,18)/t11-,12+/m0/s1. The summed E-state index contributed by atoms with van der Waals surface area (Å²) in [6, 6.07) is 0.0726.